The van der Waals surface area contributed by atoms with Crippen LogP contribution in [0.2, 0.25) is 0 Å². The van der Waals surface area contributed by atoms with Crippen LogP contribution < -0.4 is 5.73 Å². The van der Waals surface area contributed by atoms with E-state index < -0.39 is 28.5 Å². The molecule has 0 saturated carbocycles. The minimum absolute atomic E-state index is 0.142. The summed E-state index contributed by atoms with van der Waals surface area (Å²) in [5.74, 6) is -1.75. The fraction of sp³-hybridized carbons (Fsp3) is 0.455. The lowest BCUT2D eigenvalue weighted by molar-refractivity contribution is -0.165. The van der Waals surface area contributed by atoms with Crippen molar-refractivity contribution in [1.82, 2.24) is 0 Å². The quantitative estimate of drug-likeness (QED) is 0.848. The van der Waals surface area contributed by atoms with E-state index in [0.717, 1.165) is 18.0 Å². The highest BCUT2D eigenvalue weighted by Crippen LogP contribution is 2.31. The molecule has 0 saturated heterocycles. The summed E-state index contributed by atoms with van der Waals surface area (Å²) in [6.45, 7) is -0.460. The van der Waals surface area contributed by atoms with Gasteiger partial charge in [-0.2, -0.15) is 13.2 Å². The van der Waals surface area contributed by atoms with Gasteiger partial charge in [-0.3, -0.25) is 0 Å². The highest BCUT2D eigenvalue weighted by molar-refractivity contribution is 7.99. The van der Waals surface area contributed by atoms with Crippen LogP contribution in [-0.2, 0) is 9.84 Å². The highest BCUT2D eigenvalue weighted by Gasteiger charge is 2.38. The Balaban J connectivity index is 2.69. The van der Waals surface area contributed by atoms with E-state index in [1.807, 2.05) is 0 Å². The fourth-order valence-corrected chi connectivity index (χ4v) is 2.95. The summed E-state index contributed by atoms with van der Waals surface area (Å²) >= 11 is 1.00. The topological polar surface area (TPSA) is 60.2 Å². The first kappa shape index (κ1) is 16.3. The van der Waals surface area contributed by atoms with Gasteiger partial charge < -0.3 is 5.73 Å². The van der Waals surface area contributed by atoms with E-state index in [2.05, 4.69) is 0 Å². The van der Waals surface area contributed by atoms with Crippen molar-refractivity contribution >= 4 is 21.6 Å². The normalized spacial score (nSPS) is 14.4. The van der Waals surface area contributed by atoms with Crippen molar-refractivity contribution in [3.63, 3.8) is 0 Å². The van der Waals surface area contributed by atoms with Crippen LogP contribution in [0.3, 0.4) is 0 Å². The third-order valence-electron chi connectivity index (χ3n) is 2.45. The average molecular weight is 313 g/mol. The Labute approximate surface area is 114 Å². The largest absolute Gasteiger partial charge is 0.393 e. The molecule has 0 aliphatic carbocycles. The molecule has 0 bridgehead atoms. The molecule has 1 aromatic carbocycles. The maximum Gasteiger partial charge on any atom is 0.393 e. The molecular formula is C11H14F3NO2S2. The molecule has 0 aliphatic rings. The molecule has 3 nitrogen and oxygen atoms in total. The van der Waals surface area contributed by atoms with Gasteiger partial charge in [0.15, 0.2) is 9.84 Å². The van der Waals surface area contributed by atoms with E-state index in [9.17, 15) is 21.6 Å². The monoisotopic (exact) mass is 313 g/mol. The van der Waals surface area contributed by atoms with Gasteiger partial charge >= 0.3 is 6.18 Å². The Hall–Kier alpha value is -0.730. The zero-order valence-electron chi connectivity index (χ0n) is 10.1. The van der Waals surface area contributed by atoms with Crippen molar-refractivity contribution in [3.8, 4) is 0 Å². The van der Waals surface area contributed by atoms with Crippen LogP contribution in [0.25, 0.3) is 0 Å². The zero-order chi connectivity index (χ0) is 14.7. The van der Waals surface area contributed by atoms with Crippen LogP contribution in [0, 0.1) is 5.92 Å². The number of alkyl halides is 3. The zero-order valence-corrected chi connectivity index (χ0v) is 11.8. The number of halogens is 3. The van der Waals surface area contributed by atoms with Crippen LogP contribution in [-0.4, -0.2) is 33.1 Å². The minimum Gasteiger partial charge on any atom is -0.330 e. The highest BCUT2D eigenvalue weighted by atomic mass is 32.2. The van der Waals surface area contributed by atoms with Gasteiger partial charge in [0.2, 0.25) is 0 Å². The third kappa shape index (κ3) is 5.04. The Morgan fingerprint density at radius 3 is 2.16 bits per heavy atom. The van der Waals surface area contributed by atoms with Gasteiger partial charge in [-0.1, -0.05) is 0 Å². The molecule has 0 spiro atoms. The van der Waals surface area contributed by atoms with Gasteiger partial charge in [-0.15, -0.1) is 11.8 Å². The van der Waals surface area contributed by atoms with Crippen molar-refractivity contribution in [3.05, 3.63) is 24.3 Å². The molecule has 1 atom stereocenters. The lowest BCUT2D eigenvalue weighted by Gasteiger charge is -2.17. The molecule has 0 radical (unpaired) electrons. The summed E-state index contributed by atoms with van der Waals surface area (Å²) in [6, 6.07) is 5.74. The molecule has 0 aliphatic heterocycles. The van der Waals surface area contributed by atoms with Gasteiger partial charge in [0.05, 0.1) is 10.8 Å². The Kier molecular flexibility index (Phi) is 5.28. The molecule has 108 valence electrons. The summed E-state index contributed by atoms with van der Waals surface area (Å²) in [6.07, 6.45) is -3.24. The van der Waals surface area contributed by atoms with Crippen molar-refractivity contribution in [1.29, 1.82) is 0 Å². The maximum atomic E-state index is 12.5. The van der Waals surface area contributed by atoms with Crippen LogP contribution >= 0.6 is 11.8 Å². The first-order valence-electron chi connectivity index (χ1n) is 5.34. The SMILES string of the molecule is CS(=O)(=O)c1ccc(SCC(CN)C(F)(F)F)cc1. The van der Waals surface area contributed by atoms with Crippen molar-refractivity contribution in [2.24, 2.45) is 11.7 Å². The van der Waals surface area contributed by atoms with Gasteiger partial charge in [0.1, 0.15) is 0 Å². The van der Waals surface area contributed by atoms with E-state index in [0.29, 0.717) is 4.90 Å². The molecule has 8 heteroatoms. The predicted molar refractivity (Wildman–Crippen MR) is 68.9 cm³/mol. The number of rotatable bonds is 5. The smallest absolute Gasteiger partial charge is 0.330 e. The van der Waals surface area contributed by atoms with Gasteiger partial charge in [-0.05, 0) is 24.3 Å². The molecule has 0 amide bonds. The van der Waals surface area contributed by atoms with Crippen molar-refractivity contribution in [2.45, 2.75) is 16.0 Å². The predicted octanol–water partition coefficient (Wildman–Crippen LogP) is 2.32. The second-order valence-electron chi connectivity index (χ2n) is 4.03. The molecule has 0 aromatic heterocycles. The van der Waals surface area contributed by atoms with E-state index in [1.54, 1.807) is 0 Å². The molecule has 1 unspecified atom stereocenters. The van der Waals surface area contributed by atoms with E-state index in [4.69, 9.17) is 5.73 Å². The maximum absolute atomic E-state index is 12.5. The van der Waals surface area contributed by atoms with Gasteiger partial charge in [0.25, 0.3) is 0 Å². The number of nitrogens with two attached hydrogens (primary N) is 1. The lowest BCUT2D eigenvalue weighted by Crippen LogP contribution is -2.32. The number of benzene rings is 1. The second-order valence-corrected chi connectivity index (χ2v) is 7.14. The van der Waals surface area contributed by atoms with Crippen molar-refractivity contribution in [2.75, 3.05) is 18.6 Å². The number of sulfone groups is 1. The summed E-state index contributed by atoms with van der Waals surface area (Å²) in [7, 11) is -3.29. The van der Waals surface area contributed by atoms with Crippen LogP contribution in [0.1, 0.15) is 0 Å². The van der Waals surface area contributed by atoms with Crippen LogP contribution in [0.5, 0.6) is 0 Å². The Bertz CT molecular complexity index is 512. The molecule has 0 heterocycles. The third-order valence-corrected chi connectivity index (χ3v) is 4.75. The van der Waals surface area contributed by atoms with E-state index in [1.165, 1.54) is 24.3 Å². The average Bonchev–Trinajstić information content (AvgIpc) is 2.27. The summed E-state index contributed by atoms with van der Waals surface area (Å²) in [5.41, 5.74) is 5.09. The van der Waals surface area contributed by atoms with Gasteiger partial charge in [0, 0.05) is 23.4 Å². The van der Waals surface area contributed by atoms with Crippen LogP contribution in [0.4, 0.5) is 13.2 Å². The first-order chi connectivity index (χ1) is 8.64. The molecular weight excluding hydrogens is 299 g/mol. The molecule has 2 N–H and O–H groups in total. The Morgan fingerprint density at radius 1 is 1.26 bits per heavy atom. The lowest BCUT2D eigenvalue weighted by atomic mass is 10.2. The summed E-state index contributed by atoms with van der Waals surface area (Å²) < 4.78 is 59.8. The second kappa shape index (κ2) is 6.15. The van der Waals surface area contributed by atoms with Gasteiger partial charge in [-0.25, -0.2) is 8.42 Å². The number of hydrogen-bond acceptors (Lipinski definition) is 4. The number of hydrogen-bond donors (Lipinski definition) is 1. The molecule has 1 aromatic rings. The summed E-state index contributed by atoms with van der Waals surface area (Å²) in [4.78, 5) is 0.721. The first-order valence-corrected chi connectivity index (χ1v) is 8.22. The standard InChI is InChI=1S/C11H14F3NO2S2/c1-19(16,17)10-4-2-9(3-5-10)18-7-8(6-15)11(12,13)14/h2-5,8H,6-7,15H2,1H3. The van der Waals surface area contributed by atoms with E-state index >= 15 is 0 Å². The minimum atomic E-state index is -4.31. The van der Waals surface area contributed by atoms with Crippen LogP contribution in [0.15, 0.2) is 34.1 Å². The fourth-order valence-electron chi connectivity index (χ4n) is 1.28. The molecule has 1 rings (SSSR count). The summed E-state index contributed by atoms with van der Waals surface area (Å²) in [5, 5.41) is 0. The number of thioether (sulfide) groups is 1. The molecule has 0 fully saturated rings. The van der Waals surface area contributed by atoms with Crippen molar-refractivity contribution < 1.29 is 21.6 Å². The molecule has 19 heavy (non-hydrogen) atoms. The van der Waals surface area contributed by atoms with E-state index in [-0.39, 0.29) is 10.6 Å². The Morgan fingerprint density at radius 2 is 1.79 bits per heavy atom.